The average Bonchev–Trinajstić information content (AvgIpc) is 2.40. The van der Waals surface area contributed by atoms with Crippen LogP contribution in [0.5, 0.6) is 0 Å². The van der Waals surface area contributed by atoms with Gasteiger partial charge in [-0.1, -0.05) is 27.4 Å². The quantitative estimate of drug-likeness (QED) is 0.574. The van der Waals surface area contributed by atoms with Gasteiger partial charge in [0.15, 0.2) is 0 Å². The lowest BCUT2D eigenvalue weighted by Gasteiger charge is -2.38. The summed E-state index contributed by atoms with van der Waals surface area (Å²) in [5.74, 6) is 0.572. The molecule has 3 unspecified atom stereocenters. The Balaban J connectivity index is 2.63. The van der Waals surface area contributed by atoms with Crippen LogP contribution in [0.1, 0.15) is 47.0 Å². The van der Waals surface area contributed by atoms with Gasteiger partial charge in [0, 0.05) is 17.9 Å². The lowest BCUT2D eigenvalue weighted by atomic mass is 9.74. The van der Waals surface area contributed by atoms with Gasteiger partial charge in [0.1, 0.15) is 6.10 Å². The first-order valence-corrected chi connectivity index (χ1v) is 7.37. The second-order valence-corrected chi connectivity index (χ2v) is 5.95. The summed E-state index contributed by atoms with van der Waals surface area (Å²) in [5, 5.41) is 0. The highest BCUT2D eigenvalue weighted by atomic mass is 16.6. The van der Waals surface area contributed by atoms with Gasteiger partial charge in [-0.15, -0.1) is 0 Å². The summed E-state index contributed by atoms with van der Waals surface area (Å²) in [6.45, 7) is 11.6. The molecule has 1 rings (SSSR count). The molecule has 0 radical (unpaired) electrons. The Morgan fingerprint density at radius 3 is 2.35 bits per heavy atom. The van der Waals surface area contributed by atoms with Gasteiger partial charge in [-0.2, -0.15) is 0 Å². The normalized spacial score (nSPS) is 29.6. The van der Waals surface area contributed by atoms with Crippen LogP contribution in [0.2, 0.25) is 0 Å². The molecule has 0 amide bonds. The van der Waals surface area contributed by atoms with Gasteiger partial charge in [0.2, 0.25) is 0 Å². The van der Waals surface area contributed by atoms with E-state index in [0.717, 1.165) is 12.8 Å². The lowest BCUT2D eigenvalue weighted by Crippen LogP contribution is -2.39. The third-order valence-corrected chi connectivity index (χ3v) is 4.12. The topological polar surface area (TPSA) is 52.6 Å². The van der Waals surface area contributed by atoms with E-state index in [1.807, 2.05) is 0 Å². The fourth-order valence-electron chi connectivity index (χ4n) is 2.53. The molecule has 0 saturated heterocycles. The van der Waals surface area contributed by atoms with Crippen LogP contribution in [0.3, 0.4) is 0 Å². The van der Waals surface area contributed by atoms with Crippen molar-refractivity contribution in [2.24, 2.45) is 17.8 Å². The van der Waals surface area contributed by atoms with Gasteiger partial charge >= 0.3 is 11.9 Å². The van der Waals surface area contributed by atoms with Crippen molar-refractivity contribution in [1.29, 1.82) is 0 Å². The van der Waals surface area contributed by atoms with E-state index in [2.05, 4.69) is 20.4 Å². The van der Waals surface area contributed by atoms with E-state index in [1.165, 1.54) is 0 Å². The van der Waals surface area contributed by atoms with E-state index in [9.17, 15) is 9.59 Å². The summed E-state index contributed by atoms with van der Waals surface area (Å²) < 4.78 is 10.8. The minimum absolute atomic E-state index is 0.0833. The Labute approximate surface area is 121 Å². The first-order chi connectivity index (χ1) is 9.35. The van der Waals surface area contributed by atoms with Crippen LogP contribution in [-0.2, 0) is 19.1 Å². The highest BCUT2D eigenvalue weighted by molar-refractivity contribution is 5.86. The first kappa shape index (κ1) is 16.7. The fourth-order valence-corrected chi connectivity index (χ4v) is 2.53. The molecular weight excluding hydrogens is 256 g/mol. The van der Waals surface area contributed by atoms with E-state index in [-0.39, 0.29) is 24.0 Å². The van der Waals surface area contributed by atoms with Gasteiger partial charge in [-0.25, -0.2) is 4.79 Å². The molecule has 1 aliphatic rings. The number of hydrogen-bond acceptors (Lipinski definition) is 4. The van der Waals surface area contributed by atoms with Crippen LogP contribution in [0.4, 0.5) is 0 Å². The third-order valence-electron chi connectivity index (χ3n) is 4.12. The van der Waals surface area contributed by atoms with Gasteiger partial charge < -0.3 is 9.47 Å². The molecule has 1 aliphatic carbocycles. The predicted octanol–water partition coefficient (Wildman–Crippen LogP) is 3.11. The predicted molar refractivity (Wildman–Crippen MR) is 77.0 cm³/mol. The van der Waals surface area contributed by atoms with Crippen molar-refractivity contribution in [2.45, 2.75) is 53.1 Å². The van der Waals surface area contributed by atoms with Crippen molar-refractivity contribution in [3.63, 3.8) is 0 Å². The average molecular weight is 282 g/mol. The zero-order valence-electron chi connectivity index (χ0n) is 13.0. The molecule has 0 spiro atoms. The SMILES string of the molecule is C=C(C)C(=O)OCC1CC(C)[C@@H](C)CC1OC(=O)CC. The smallest absolute Gasteiger partial charge is 0.333 e. The minimum atomic E-state index is -0.378. The fraction of sp³-hybridized carbons (Fsp3) is 0.750. The van der Waals surface area contributed by atoms with E-state index < -0.39 is 0 Å². The maximum absolute atomic E-state index is 11.5. The summed E-state index contributed by atoms with van der Waals surface area (Å²) in [4.78, 5) is 23.0. The Hall–Kier alpha value is -1.32. The van der Waals surface area contributed by atoms with Crippen LogP contribution in [0, 0.1) is 17.8 Å². The monoisotopic (exact) mass is 282 g/mol. The molecule has 0 bridgehead atoms. The molecule has 0 aromatic carbocycles. The number of ether oxygens (including phenoxy) is 2. The van der Waals surface area contributed by atoms with Gasteiger partial charge in [0.05, 0.1) is 6.61 Å². The van der Waals surface area contributed by atoms with E-state index in [0.29, 0.717) is 30.4 Å². The largest absolute Gasteiger partial charge is 0.462 e. The number of hydrogen-bond donors (Lipinski definition) is 0. The number of rotatable bonds is 5. The van der Waals surface area contributed by atoms with Crippen LogP contribution in [-0.4, -0.2) is 24.6 Å². The number of carbonyl (C=O) groups excluding carboxylic acids is 2. The molecule has 0 aromatic heterocycles. The molecule has 4 nitrogen and oxygen atoms in total. The molecule has 0 aliphatic heterocycles. The molecule has 0 heterocycles. The van der Waals surface area contributed by atoms with Crippen molar-refractivity contribution in [3.8, 4) is 0 Å². The van der Waals surface area contributed by atoms with E-state index in [4.69, 9.17) is 9.47 Å². The highest BCUT2D eigenvalue weighted by Crippen LogP contribution is 2.35. The Morgan fingerprint density at radius 1 is 1.20 bits per heavy atom. The molecule has 4 atom stereocenters. The van der Waals surface area contributed by atoms with Crippen LogP contribution in [0.25, 0.3) is 0 Å². The van der Waals surface area contributed by atoms with Crippen LogP contribution < -0.4 is 0 Å². The second-order valence-electron chi connectivity index (χ2n) is 5.95. The van der Waals surface area contributed by atoms with Crippen molar-refractivity contribution in [2.75, 3.05) is 6.61 Å². The molecule has 114 valence electrons. The summed E-state index contributed by atoms with van der Waals surface area (Å²) in [6, 6.07) is 0. The third kappa shape index (κ3) is 4.66. The summed E-state index contributed by atoms with van der Waals surface area (Å²) in [6.07, 6.45) is 1.97. The maximum Gasteiger partial charge on any atom is 0.333 e. The van der Waals surface area contributed by atoms with Gasteiger partial charge in [-0.3, -0.25) is 4.79 Å². The Morgan fingerprint density at radius 2 is 1.80 bits per heavy atom. The molecule has 4 heteroatoms. The summed E-state index contributed by atoms with van der Waals surface area (Å²) in [5.41, 5.74) is 0.393. The highest BCUT2D eigenvalue weighted by Gasteiger charge is 2.36. The van der Waals surface area contributed by atoms with Crippen molar-refractivity contribution >= 4 is 11.9 Å². The van der Waals surface area contributed by atoms with Crippen LogP contribution >= 0.6 is 0 Å². The molecule has 0 aromatic rings. The zero-order valence-corrected chi connectivity index (χ0v) is 13.0. The van der Waals surface area contributed by atoms with Crippen molar-refractivity contribution in [3.05, 3.63) is 12.2 Å². The standard InChI is InChI=1S/C16H26O4/c1-6-15(17)20-14-8-12(5)11(4)7-13(14)9-19-16(18)10(2)3/h11-14H,2,6-9H2,1,3-5H3/t11?,12-,13?,14?/m0/s1. The van der Waals surface area contributed by atoms with Crippen molar-refractivity contribution in [1.82, 2.24) is 0 Å². The molecule has 20 heavy (non-hydrogen) atoms. The second kappa shape index (κ2) is 7.46. The van der Waals surface area contributed by atoms with Gasteiger partial charge in [-0.05, 0) is 31.6 Å². The number of carbonyl (C=O) groups is 2. The Bertz CT molecular complexity index is 375. The van der Waals surface area contributed by atoms with E-state index >= 15 is 0 Å². The maximum atomic E-state index is 11.5. The lowest BCUT2D eigenvalue weighted by molar-refractivity contribution is -0.159. The number of esters is 2. The summed E-state index contributed by atoms with van der Waals surface area (Å²) in [7, 11) is 0. The molecular formula is C16H26O4. The Kier molecular flexibility index (Phi) is 6.24. The molecule has 1 fully saturated rings. The molecule has 0 N–H and O–H groups in total. The van der Waals surface area contributed by atoms with E-state index in [1.54, 1.807) is 13.8 Å². The van der Waals surface area contributed by atoms with Crippen molar-refractivity contribution < 1.29 is 19.1 Å². The minimum Gasteiger partial charge on any atom is -0.462 e. The summed E-state index contributed by atoms with van der Waals surface area (Å²) >= 11 is 0. The molecule has 1 saturated carbocycles. The van der Waals surface area contributed by atoms with Gasteiger partial charge in [0.25, 0.3) is 0 Å². The zero-order chi connectivity index (χ0) is 15.3. The first-order valence-electron chi connectivity index (χ1n) is 7.37. The van der Waals surface area contributed by atoms with Crippen LogP contribution in [0.15, 0.2) is 12.2 Å².